The molecule has 0 saturated heterocycles. The number of rotatable bonds is 3. The minimum Gasteiger partial charge on any atom is -0.439 e. The van der Waals surface area contributed by atoms with Crippen molar-refractivity contribution >= 4 is 5.84 Å². The molecule has 0 saturated carbocycles. The SMILES string of the molecule is Cc1cc(C)c(C)c(Oc2cccc(C(N)=NO)n2)c1. The van der Waals surface area contributed by atoms with E-state index in [-0.39, 0.29) is 5.84 Å². The Bertz CT molecular complexity index is 666. The second-order valence-electron chi connectivity index (χ2n) is 4.65. The van der Waals surface area contributed by atoms with Crippen LogP contribution in [0.2, 0.25) is 0 Å². The van der Waals surface area contributed by atoms with Gasteiger partial charge in [0.25, 0.3) is 0 Å². The topological polar surface area (TPSA) is 80.7 Å². The van der Waals surface area contributed by atoms with E-state index in [1.54, 1.807) is 18.2 Å². The number of oxime groups is 1. The van der Waals surface area contributed by atoms with Gasteiger partial charge < -0.3 is 15.7 Å². The number of hydrogen-bond donors (Lipinski definition) is 2. The van der Waals surface area contributed by atoms with Crippen molar-refractivity contribution in [3.8, 4) is 11.6 Å². The van der Waals surface area contributed by atoms with Gasteiger partial charge in [0.1, 0.15) is 11.4 Å². The Morgan fingerprint density at radius 2 is 2.00 bits per heavy atom. The molecule has 0 aliphatic carbocycles. The number of aromatic nitrogens is 1. The van der Waals surface area contributed by atoms with Crippen LogP contribution in [0.15, 0.2) is 35.5 Å². The minimum atomic E-state index is -0.0485. The smallest absolute Gasteiger partial charge is 0.219 e. The largest absolute Gasteiger partial charge is 0.439 e. The van der Waals surface area contributed by atoms with Gasteiger partial charge in [-0.1, -0.05) is 17.3 Å². The number of hydrogen-bond acceptors (Lipinski definition) is 4. The molecule has 3 N–H and O–H groups in total. The molecular formula is C15H17N3O2. The van der Waals surface area contributed by atoms with E-state index >= 15 is 0 Å². The van der Waals surface area contributed by atoms with Crippen LogP contribution in [0.3, 0.4) is 0 Å². The zero-order chi connectivity index (χ0) is 14.7. The lowest BCUT2D eigenvalue weighted by Crippen LogP contribution is -2.14. The lowest BCUT2D eigenvalue weighted by atomic mass is 10.1. The number of nitrogens with two attached hydrogens (primary N) is 1. The van der Waals surface area contributed by atoms with Crippen molar-refractivity contribution in [3.63, 3.8) is 0 Å². The second kappa shape index (κ2) is 5.61. The summed E-state index contributed by atoms with van der Waals surface area (Å²) in [5.74, 6) is 1.11. The predicted octanol–water partition coefficient (Wildman–Crippen LogP) is 2.89. The quantitative estimate of drug-likeness (QED) is 0.389. The van der Waals surface area contributed by atoms with Crippen molar-refractivity contribution in [3.05, 3.63) is 52.7 Å². The molecule has 0 atom stereocenters. The summed E-state index contributed by atoms with van der Waals surface area (Å²) in [7, 11) is 0. The van der Waals surface area contributed by atoms with Gasteiger partial charge in [-0.05, 0) is 49.6 Å². The number of amidine groups is 1. The summed E-state index contributed by atoms with van der Waals surface area (Å²) < 4.78 is 5.80. The van der Waals surface area contributed by atoms with E-state index in [2.05, 4.69) is 16.2 Å². The fraction of sp³-hybridized carbons (Fsp3) is 0.200. The summed E-state index contributed by atoms with van der Waals surface area (Å²) >= 11 is 0. The van der Waals surface area contributed by atoms with Crippen molar-refractivity contribution in [1.29, 1.82) is 0 Å². The second-order valence-corrected chi connectivity index (χ2v) is 4.65. The third-order valence-corrected chi connectivity index (χ3v) is 3.07. The van der Waals surface area contributed by atoms with Gasteiger partial charge in [0.05, 0.1) is 0 Å². The third kappa shape index (κ3) is 2.88. The maximum Gasteiger partial charge on any atom is 0.219 e. The number of aryl methyl sites for hydroxylation is 2. The molecule has 1 aromatic carbocycles. The Kier molecular flexibility index (Phi) is 3.89. The van der Waals surface area contributed by atoms with Crippen LogP contribution in [0.1, 0.15) is 22.4 Å². The first kappa shape index (κ1) is 13.9. The molecule has 0 bridgehead atoms. The lowest BCUT2D eigenvalue weighted by Gasteiger charge is -2.11. The van der Waals surface area contributed by atoms with Crippen LogP contribution in [0.25, 0.3) is 0 Å². The summed E-state index contributed by atoms with van der Waals surface area (Å²) in [4.78, 5) is 4.20. The molecular weight excluding hydrogens is 254 g/mol. The fourth-order valence-corrected chi connectivity index (χ4v) is 1.89. The molecule has 0 amide bonds. The molecule has 2 rings (SSSR count). The summed E-state index contributed by atoms with van der Waals surface area (Å²) in [5.41, 5.74) is 9.23. The molecule has 1 heterocycles. The van der Waals surface area contributed by atoms with E-state index in [1.165, 1.54) is 0 Å². The van der Waals surface area contributed by atoms with Gasteiger partial charge in [-0.15, -0.1) is 0 Å². The Labute approximate surface area is 117 Å². The van der Waals surface area contributed by atoms with E-state index in [9.17, 15) is 0 Å². The molecule has 0 unspecified atom stereocenters. The van der Waals surface area contributed by atoms with E-state index in [4.69, 9.17) is 15.7 Å². The number of pyridine rings is 1. The summed E-state index contributed by atoms with van der Waals surface area (Å²) in [6.07, 6.45) is 0. The average molecular weight is 271 g/mol. The third-order valence-electron chi connectivity index (χ3n) is 3.07. The van der Waals surface area contributed by atoms with Crippen molar-refractivity contribution in [2.24, 2.45) is 10.9 Å². The zero-order valence-electron chi connectivity index (χ0n) is 11.7. The molecule has 5 nitrogen and oxygen atoms in total. The molecule has 5 heteroatoms. The van der Waals surface area contributed by atoms with E-state index in [0.717, 1.165) is 22.4 Å². The molecule has 0 fully saturated rings. The highest BCUT2D eigenvalue weighted by atomic mass is 16.5. The van der Waals surface area contributed by atoms with Crippen LogP contribution in [-0.2, 0) is 0 Å². The fourth-order valence-electron chi connectivity index (χ4n) is 1.89. The first-order valence-corrected chi connectivity index (χ1v) is 6.22. The Morgan fingerprint density at radius 3 is 2.70 bits per heavy atom. The summed E-state index contributed by atoms with van der Waals surface area (Å²) in [6, 6.07) is 9.18. The van der Waals surface area contributed by atoms with E-state index in [0.29, 0.717) is 11.6 Å². The van der Waals surface area contributed by atoms with Gasteiger partial charge in [-0.2, -0.15) is 0 Å². The monoisotopic (exact) mass is 271 g/mol. The number of benzene rings is 1. The van der Waals surface area contributed by atoms with Crippen LogP contribution in [-0.4, -0.2) is 16.0 Å². The van der Waals surface area contributed by atoms with Crippen LogP contribution < -0.4 is 10.5 Å². The van der Waals surface area contributed by atoms with Crippen LogP contribution in [0.4, 0.5) is 0 Å². The highest BCUT2D eigenvalue weighted by Gasteiger charge is 2.08. The first-order valence-electron chi connectivity index (χ1n) is 6.22. The molecule has 104 valence electrons. The Balaban J connectivity index is 2.36. The standard InChI is InChI=1S/C15H17N3O2/c1-9-7-10(2)11(3)13(8-9)20-14-6-4-5-12(17-14)15(16)18-19/h4-8,19H,1-3H3,(H2,16,18). The van der Waals surface area contributed by atoms with E-state index < -0.39 is 0 Å². The lowest BCUT2D eigenvalue weighted by molar-refractivity contribution is 0.318. The summed E-state index contributed by atoms with van der Waals surface area (Å²) in [5, 5.41) is 11.6. The van der Waals surface area contributed by atoms with Gasteiger partial charge in [0, 0.05) is 6.07 Å². The maximum atomic E-state index is 8.67. The van der Waals surface area contributed by atoms with Gasteiger partial charge in [0.2, 0.25) is 5.88 Å². The van der Waals surface area contributed by atoms with Gasteiger partial charge in [0.15, 0.2) is 5.84 Å². The predicted molar refractivity (Wildman–Crippen MR) is 77.5 cm³/mol. The minimum absolute atomic E-state index is 0.0485. The van der Waals surface area contributed by atoms with Crippen LogP contribution in [0.5, 0.6) is 11.6 Å². The molecule has 2 aromatic rings. The van der Waals surface area contributed by atoms with Crippen molar-refractivity contribution in [1.82, 2.24) is 4.98 Å². The number of nitrogens with zero attached hydrogens (tertiary/aromatic N) is 2. The highest BCUT2D eigenvalue weighted by Crippen LogP contribution is 2.27. The van der Waals surface area contributed by atoms with Gasteiger partial charge in [-0.25, -0.2) is 4.98 Å². The average Bonchev–Trinajstić information content (AvgIpc) is 2.43. The van der Waals surface area contributed by atoms with Crippen LogP contribution >= 0.6 is 0 Å². The van der Waals surface area contributed by atoms with Gasteiger partial charge in [-0.3, -0.25) is 0 Å². The van der Waals surface area contributed by atoms with Crippen molar-refractivity contribution in [2.75, 3.05) is 0 Å². The van der Waals surface area contributed by atoms with Crippen LogP contribution in [0, 0.1) is 20.8 Å². The molecule has 0 aliphatic heterocycles. The van der Waals surface area contributed by atoms with Crippen molar-refractivity contribution in [2.45, 2.75) is 20.8 Å². The molecule has 0 radical (unpaired) electrons. The molecule has 20 heavy (non-hydrogen) atoms. The van der Waals surface area contributed by atoms with Crippen molar-refractivity contribution < 1.29 is 9.94 Å². The number of ether oxygens (including phenoxy) is 1. The van der Waals surface area contributed by atoms with E-state index in [1.807, 2.05) is 26.8 Å². The van der Waals surface area contributed by atoms with Gasteiger partial charge >= 0.3 is 0 Å². The highest BCUT2D eigenvalue weighted by molar-refractivity contribution is 5.95. The first-order chi connectivity index (χ1) is 9.51. The Hall–Kier alpha value is -2.56. The molecule has 0 spiro atoms. The normalized spacial score (nSPS) is 11.4. The zero-order valence-corrected chi connectivity index (χ0v) is 11.7. The summed E-state index contributed by atoms with van der Waals surface area (Å²) in [6.45, 7) is 6.05. The molecule has 0 aliphatic rings. The molecule has 1 aromatic heterocycles. The Morgan fingerprint density at radius 1 is 1.25 bits per heavy atom. The maximum absolute atomic E-state index is 8.67.